The van der Waals surface area contributed by atoms with Gasteiger partial charge in [-0.15, -0.1) is 0 Å². The van der Waals surface area contributed by atoms with E-state index < -0.39 is 71.5 Å². The molecule has 0 atom stereocenters. The number of hydrogen-bond donors (Lipinski definition) is 2. The van der Waals surface area contributed by atoms with Gasteiger partial charge in [0.1, 0.15) is 11.9 Å². The molecule has 1 saturated carbocycles. The first-order chi connectivity index (χ1) is 24.3. The number of fused-ring (bicyclic) bond motifs is 1. The quantitative estimate of drug-likeness (QED) is 0.273. The molecule has 0 radical (unpaired) electrons. The molecule has 0 unspecified atom stereocenters. The number of aryl methyl sites for hydroxylation is 2. The fourth-order valence-corrected chi connectivity index (χ4v) is 5.34. The predicted molar refractivity (Wildman–Crippen MR) is 157 cm³/mol. The number of amides is 2. The number of rotatable bonds is 8. The van der Waals surface area contributed by atoms with Gasteiger partial charge in [0.15, 0.2) is 0 Å². The summed E-state index contributed by atoms with van der Waals surface area (Å²) in [6.45, 7) is -5.59. The summed E-state index contributed by atoms with van der Waals surface area (Å²) >= 11 is 0. The van der Waals surface area contributed by atoms with Crippen molar-refractivity contribution in [1.82, 2.24) is 9.29 Å². The van der Waals surface area contributed by atoms with Crippen molar-refractivity contribution in [3.05, 3.63) is 89.1 Å². The third kappa shape index (κ3) is 6.22. The molecule has 41 heavy (non-hydrogen) atoms. The zero-order valence-corrected chi connectivity index (χ0v) is 22.5. The number of carbonyl (C=O) groups excluding carboxylic acids is 2. The zero-order valence-electron chi connectivity index (χ0n) is 33.6. The first kappa shape index (κ1) is 16.8. The minimum absolute atomic E-state index is 0.0420. The van der Waals surface area contributed by atoms with Crippen molar-refractivity contribution in [3.8, 4) is 5.75 Å². The van der Waals surface area contributed by atoms with E-state index in [9.17, 15) is 18.0 Å². The number of nitrogens with one attached hydrogen (secondary N) is 2. The molecule has 1 fully saturated rings. The Morgan fingerprint density at radius 3 is 2.66 bits per heavy atom. The molecule has 1 heterocycles. The summed E-state index contributed by atoms with van der Waals surface area (Å²) in [5, 5.41) is 2.48. The lowest BCUT2D eigenvalue weighted by Crippen LogP contribution is -2.31. The molecule has 2 N–H and O–H groups in total. The fourth-order valence-electron chi connectivity index (χ4n) is 4.25. The van der Waals surface area contributed by atoms with Crippen LogP contribution < -0.4 is 14.8 Å². The van der Waals surface area contributed by atoms with Gasteiger partial charge >= 0.3 is 6.09 Å². The van der Waals surface area contributed by atoms with Crippen LogP contribution in [-0.4, -0.2) is 38.2 Å². The van der Waals surface area contributed by atoms with Crippen molar-refractivity contribution in [2.24, 2.45) is 6.98 Å². The molecule has 1 aromatic heterocycles. The lowest BCUT2D eigenvalue weighted by atomic mass is 10.0. The highest BCUT2D eigenvalue weighted by Crippen LogP contribution is 2.30. The van der Waals surface area contributed by atoms with Crippen molar-refractivity contribution >= 4 is 38.6 Å². The normalized spacial score (nSPS) is 21.5. The molecule has 0 aliphatic heterocycles. The molecule has 9 nitrogen and oxygen atoms in total. The highest BCUT2D eigenvalue weighted by molar-refractivity contribution is 7.90. The summed E-state index contributed by atoms with van der Waals surface area (Å²) in [6.07, 6.45) is -8.76. The number of methoxy groups -OCH3 is 1. The largest absolute Gasteiger partial charge is 0.496 e. The molecule has 4 aromatic rings. The van der Waals surface area contributed by atoms with Crippen molar-refractivity contribution in [1.29, 1.82) is 0 Å². The van der Waals surface area contributed by atoms with Crippen molar-refractivity contribution in [2.75, 3.05) is 12.4 Å². The molecule has 0 bridgehead atoms. The SMILES string of the molecule is [2H]C([2H])([2H])c1ccccc1S(=O)(=O)NC(=O)c1ccc(C([2H])([2H])c2cn(C([2H])([2H])[2H])c3ccc(NC(=O)OC4CC([2H])([2H])C([2H])([2H])C4)cc23)c(OC)c1. The zero-order chi connectivity index (χ0) is 39.5. The Morgan fingerprint density at radius 1 is 1.10 bits per heavy atom. The second-order valence-corrected chi connectivity index (χ2v) is 10.7. The Bertz CT molecular complexity index is 2180. The Morgan fingerprint density at radius 2 is 1.90 bits per heavy atom. The number of sulfonamides is 1. The number of anilines is 1. The van der Waals surface area contributed by atoms with E-state index >= 15 is 0 Å². The van der Waals surface area contributed by atoms with Gasteiger partial charge in [0.2, 0.25) is 0 Å². The molecule has 1 aliphatic rings. The van der Waals surface area contributed by atoms with E-state index in [0.717, 1.165) is 41.1 Å². The number of aromatic nitrogens is 1. The van der Waals surface area contributed by atoms with Crippen molar-refractivity contribution in [3.63, 3.8) is 0 Å². The minimum Gasteiger partial charge on any atom is -0.496 e. The smallest absolute Gasteiger partial charge is 0.411 e. The number of hydrogen-bond acceptors (Lipinski definition) is 6. The molecule has 5 rings (SSSR count). The van der Waals surface area contributed by atoms with Crippen LogP contribution in [0.1, 0.15) is 69.1 Å². The van der Waals surface area contributed by atoms with E-state index in [0.29, 0.717) is 0 Å². The predicted octanol–water partition coefficient (Wildman–Crippen LogP) is 5.70. The van der Waals surface area contributed by atoms with E-state index in [1.54, 1.807) is 0 Å². The van der Waals surface area contributed by atoms with Crippen LogP contribution >= 0.6 is 0 Å². The van der Waals surface area contributed by atoms with Crippen molar-refractivity contribution < 1.29 is 43.9 Å². The average molecular weight is 588 g/mol. The van der Waals surface area contributed by atoms with Gasteiger partial charge < -0.3 is 14.0 Å². The third-order valence-electron chi connectivity index (χ3n) is 6.25. The lowest BCUT2D eigenvalue weighted by molar-refractivity contribution is 0.0980. The summed E-state index contributed by atoms with van der Waals surface area (Å²) in [5.74, 6) is -1.41. The molecule has 214 valence electrons. The molecule has 0 spiro atoms. The number of carbonyl (C=O) groups is 2. The maximum Gasteiger partial charge on any atom is 0.411 e. The molecular weight excluding hydrogens is 542 g/mol. The van der Waals surface area contributed by atoms with Crippen LogP contribution in [0.2, 0.25) is 0 Å². The van der Waals surface area contributed by atoms with Gasteiger partial charge in [-0.25, -0.2) is 17.9 Å². The fraction of sp³-hybridized carbons (Fsp3) is 0.290. The molecule has 1 aliphatic carbocycles. The molecule has 0 saturated heterocycles. The van der Waals surface area contributed by atoms with E-state index in [4.69, 9.17) is 25.9 Å². The maximum atomic E-state index is 13.2. The third-order valence-corrected chi connectivity index (χ3v) is 7.63. The van der Waals surface area contributed by atoms with Crippen LogP contribution in [0.5, 0.6) is 5.75 Å². The second kappa shape index (κ2) is 11.7. The van der Waals surface area contributed by atoms with E-state index in [-0.39, 0.29) is 51.9 Å². The van der Waals surface area contributed by atoms with Crippen LogP contribution in [0.15, 0.2) is 71.8 Å². The van der Waals surface area contributed by atoms with Gasteiger partial charge in [-0.1, -0.05) is 24.3 Å². The average Bonchev–Trinajstić information content (AvgIpc) is 3.52. The van der Waals surface area contributed by atoms with E-state index in [1.807, 2.05) is 4.72 Å². The van der Waals surface area contributed by atoms with Crippen LogP contribution in [-0.2, 0) is 28.1 Å². The van der Waals surface area contributed by atoms with Crippen LogP contribution in [0.3, 0.4) is 0 Å². The molecular formula is C31H33N3O6S. The highest BCUT2D eigenvalue weighted by Gasteiger charge is 2.22. The summed E-state index contributed by atoms with van der Waals surface area (Å²) < 4.78 is 136. The van der Waals surface area contributed by atoms with E-state index in [2.05, 4.69) is 5.32 Å². The minimum atomic E-state index is -4.69. The summed E-state index contributed by atoms with van der Waals surface area (Å²) in [4.78, 5) is 25.3. The molecule has 3 aromatic carbocycles. The Kier molecular flexibility index (Phi) is 4.79. The molecule has 10 heteroatoms. The first-order valence-corrected chi connectivity index (χ1v) is 13.8. The maximum absolute atomic E-state index is 13.2. The summed E-state index contributed by atoms with van der Waals surface area (Å²) in [7, 11) is -3.52. The van der Waals surface area contributed by atoms with Gasteiger partial charge in [0, 0.05) is 58.1 Å². The van der Waals surface area contributed by atoms with Gasteiger partial charge in [0.25, 0.3) is 15.9 Å². The van der Waals surface area contributed by atoms with Gasteiger partial charge in [-0.05, 0) is 85.5 Å². The van der Waals surface area contributed by atoms with Gasteiger partial charge in [0.05, 0.1) is 12.0 Å². The summed E-state index contributed by atoms with van der Waals surface area (Å²) in [5.41, 5.74) is -1.09. The van der Waals surface area contributed by atoms with Gasteiger partial charge in [-0.3, -0.25) is 10.1 Å². The van der Waals surface area contributed by atoms with Crippen LogP contribution in [0, 0.1) is 6.85 Å². The van der Waals surface area contributed by atoms with Crippen LogP contribution in [0.4, 0.5) is 10.5 Å². The van der Waals surface area contributed by atoms with Crippen LogP contribution in [0.25, 0.3) is 10.9 Å². The Balaban J connectivity index is 1.47. The molecule has 2 amide bonds. The monoisotopic (exact) mass is 587 g/mol. The standard InChI is InChI=1S/C31H33N3O6S/c1-20-8-4-7-11-29(20)41(37,38)33-30(35)22-13-12-21(28(17-22)39-3)16-23-19-34(2)27-15-14-24(18-26(23)27)32-31(36)40-25-9-5-6-10-25/h4,7-8,11-15,17-19,25H,5-6,9-10,16H2,1-3H3,(H,32,36)(H,33,35)/i1D3,2D3,5D2,6D2,16D2. The lowest BCUT2D eigenvalue weighted by Gasteiger charge is -2.13. The Labute approximate surface area is 256 Å². The van der Waals surface area contributed by atoms with E-state index in [1.165, 1.54) is 37.4 Å². The highest BCUT2D eigenvalue weighted by atomic mass is 32.2. The number of benzene rings is 3. The van der Waals surface area contributed by atoms with Crippen molar-refractivity contribution in [2.45, 2.75) is 49.8 Å². The first-order valence-electron chi connectivity index (χ1n) is 18.3. The summed E-state index contributed by atoms with van der Waals surface area (Å²) in [6, 6.07) is 12.1. The Hall–Kier alpha value is -4.31. The number of nitrogens with zero attached hydrogens (tertiary/aromatic N) is 1. The number of ether oxygens (including phenoxy) is 2. The second-order valence-electron chi connectivity index (χ2n) is 9.03. The topological polar surface area (TPSA) is 116 Å². The van der Waals surface area contributed by atoms with Gasteiger partial charge in [-0.2, -0.15) is 0 Å².